The number of hydrogen-bond donors (Lipinski definition) is 2. The number of anilines is 3. The van der Waals surface area contributed by atoms with E-state index in [9.17, 15) is 4.79 Å². The first-order valence-electron chi connectivity index (χ1n) is 8.35. The van der Waals surface area contributed by atoms with Gasteiger partial charge in [-0.3, -0.25) is 4.79 Å². The van der Waals surface area contributed by atoms with Crippen molar-refractivity contribution in [1.82, 2.24) is 0 Å². The van der Waals surface area contributed by atoms with E-state index in [1.165, 1.54) is 24.9 Å². The number of halogens is 1. The molecule has 1 heterocycles. The molecular weight excluding hydrogens is 366 g/mol. The smallest absolute Gasteiger partial charge is 0.243 e. The van der Waals surface area contributed by atoms with Crippen molar-refractivity contribution in [2.45, 2.75) is 19.3 Å². The quantitative estimate of drug-likeness (QED) is 0.793. The second-order valence-electron chi connectivity index (χ2n) is 6.00. The van der Waals surface area contributed by atoms with Crippen molar-refractivity contribution in [3.63, 3.8) is 0 Å². The van der Waals surface area contributed by atoms with E-state index in [1.807, 2.05) is 36.4 Å². The Balaban J connectivity index is 1.49. The molecule has 0 radical (unpaired) electrons. The fraction of sp³-hybridized carbons (Fsp3) is 0.316. The molecule has 1 aliphatic heterocycles. The van der Waals surface area contributed by atoms with Gasteiger partial charge in [0, 0.05) is 34.6 Å². The number of nitrogens with one attached hydrogen (secondary N) is 2. The zero-order chi connectivity index (χ0) is 16.8. The lowest BCUT2D eigenvalue weighted by atomic mass is 10.1. The largest absolute Gasteiger partial charge is 0.376 e. The lowest BCUT2D eigenvalue weighted by Crippen LogP contribution is -2.29. The molecule has 1 amide bonds. The predicted molar refractivity (Wildman–Crippen MR) is 104 cm³/mol. The molecule has 0 bridgehead atoms. The van der Waals surface area contributed by atoms with Crippen LogP contribution in [0.4, 0.5) is 17.1 Å². The van der Waals surface area contributed by atoms with E-state index in [2.05, 4.69) is 43.6 Å². The van der Waals surface area contributed by atoms with Gasteiger partial charge in [0.15, 0.2) is 0 Å². The topological polar surface area (TPSA) is 44.4 Å². The molecule has 2 aromatic carbocycles. The zero-order valence-electron chi connectivity index (χ0n) is 13.6. The number of nitrogens with zero attached hydrogens (tertiary/aromatic N) is 1. The molecule has 0 aliphatic carbocycles. The van der Waals surface area contributed by atoms with Crippen LogP contribution in [-0.4, -0.2) is 25.5 Å². The molecule has 0 atom stereocenters. The van der Waals surface area contributed by atoms with Crippen LogP contribution in [-0.2, 0) is 4.79 Å². The van der Waals surface area contributed by atoms with Gasteiger partial charge in [-0.25, -0.2) is 0 Å². The van der Waals surface area contributed by atoms with Crippen LogP contribution in [0.25, 0.3) is 0 Å². The van der Waals surface area contributed by atoms with Gasteiger partial charge in [-0.1, -0.05) is 15.9 Å². The summed E-state index contributed by atoms with van der Waals surface area (Å²) in [6.45, 7) is 2.53. The highest BCUT2D eigenvalue weighted by Gasteiger charge is 2.10. The Kier molecular flexibility index (Phi) is 5.75. The van der Waals surface area contributed by atoms with Crippen LogP contribution in [0.2, 0.25) is 0 Å². The van der Waals surface area contributed by atoms with Gasteiger partial charge in [0.25, 0.3) is 0 Å². The van der Waals surface area contributed by atoms with Gasteiger partial charge in [-0.05, 0) is 67.8 Å². The lowest BCUT2D eigenvalue weighted by Gasteiger charge is -2.28. The molecule has 2 aromatic rings. The fourth-order valence-corrected chi connectivity index (χ4v) is 3.13. The molecule has 1 fully saturated rings. The maximum atomic E-state index is 12.0. The summed E-state index contributed by atoms with van der Waals surface area (Å²) in [4.78, 5) is 14.4. The van der Waals surface area contributed by atoms with Crippen molar-refractivity contribution in [3.8, 4) is 0 Å². The predicted octanol–water partition coefficient (Wildman–Crippen LogP) is 4.49. The van der Waals surface area contributed by atoms with Gasteiger partial charge < -0.3 is 15.5 Å². The average Bonchev–Trinajstić information content (AvgIpc) is 2.63. The summed E-state index contributed by atoms with van der Waals surface area (Å²) < 4.78 is 0.993. The molecule has 5 heteroatoms. The molecule has 24 heavy (non-hydrogen) atoms. The number of amides is 1. The van der Waals surface area contributed by atoms with E-state index < -0.39 is 0 Å². The van der Waals surface area contributed by atoms with Gasteiger partial charge in [-0.2, -0.15) is 0 Å². The molecule has 0 unspecified atom stereocenters. The summed E-state index contributed by atoms with van der Waals surface area (Å²) in [6.07, 6.45) is 3.88. The van der Waals surface area contributed by atoms with Crippen molar-refractivity contribution in [2.75, 3.05) is 35.2 Å². The van der Waals surface area contributed by atoms with E-state index in [0.29, 0.717) is 0 Å². The molecule has 0 saturated carbocycles. The van der Waals surface area contributed by atoms with Crippen LogP contribution in [0.3, 0.4) is 0 Å². The summed E-state index contributed by atoms with van der Waals surface area (Å²) in [6, 6.07) is 15.9. The van der Waals surface area contributed by atoms with Crippen molar-refractivity contribution in [1.29, 1.82) is 0 Å². The van der Waals surface area contributed by atoms with Crippen LogP contribution in [0.15, 0.2) is 53.0 Å². The van der Waals surface area contributed by atoms with Gasteiger partial charge in [0.1, 0.15) is 0 Å². The van der Waals surface area contributed by atoms with Gasteiger partial charge >= 0.3 is 0 Å². The average molecular weight is 388 g/mol. The maximum Gasteiger partial charge on any atom is 0.243 e. The first kappa shape index (κ1) is 16.8. The number of benzene rings is 2. The third-order valence-electron chi connectivity index (χ3n) is 4.17. The van der Waals surface area contributed by atoms with E-state index in [4.69, 9.17) is 0 Å². The first-order valence-corrected chi connectivity index (χ1v) is 9.14. The Morgan fingerprint density at radius 1 is 0.917 bits per heavy atom. The van der Waals surface area contributed by atoms with Crippen LogP contribution in [0.1, 0.15) is 19.3 Å². The van der Waals surface area contributed by atoms with Crippen molar-refractivity contribution in [3.05, 3.63) is 53.0 Å². The molecule has 1 aliphatic rings. The zero-order valence-corrected chi connectivity index (χ0v) is 15.2. The minimum absolute atomic E-state index is 0.0579. The Hall–Kier alpha value is -2.01. The van der Waals surface area contributed by atoms with Crippen LogP contribution < -0.4 is 15.5 Å². The third kappa shape index (κ3) is 4.74. The Morgan fingerprint density at radius 2 is 1.54 bits per heavy atom. The molecule has 4 nitrogen and oxygen atoms in total. The highest BCUT2D eigenvalue weighted by atomic mass is 79.9. The normalized spacial score (nSPS) is 14.3. The van der Waals surface area contributed by atoms with Crippen molar-refractivity contribution in [2.24, 2.45) is 0 Å². The molecule has 2 N–H and O–H groups in total. The highest BCUT2D eigenvalue weighted by molar-refractivity contribution is 9.10. The Bertz CT molecular complexity index is 664. The standard InChI is InChI=1S/C19H22BrN3O/c20-15-4-6-17(7-5-15)22-19(24)14-21-16-8-10-18(11-9-16)23-12-2-1-3-13-23/h4-11,21H,1-3,12-14H2,(H,22,24). The molecule has 0 aromatic heterocycles. The monoisotopic (exact) mass is 387 g/mol. The molecule has 1 saturated heterocycles. The van der Waals surface area contributed by atoms with Crippen LogP contribution in [0.5, 0.6) is 0 Å². The van der Waals surface area contributed by atoms with Crippen molar-refractivity contribution >= 4 is 38.9 Å². The summed E-state index contributed by atoms with van der Waals surface area (Å²) in [7, 11) is 0. The van der Waals surface area contributed by atoms with Gasteiger partial charge in [0.2, 0.25) is 5.91 Å². The maximum absolute atomic E-state index is 12.0. The molecule has 126 valence electrons. The van der Waals surface area contributed by atoms with Crippen LogP contribution in [0, 0.1) is 0 Å². The lowest BCUT2D eigenvalue weighted by molar-refractivity contribution is -0.114. The minimum atomic E-state index is -0.0579. The number of rotatable bonds is 5. The molecule has 0 spiro atoms. The molecule has 3 rings (SSSR count). The van der Waals surface area contributed by atoms with E-state index >= 15 is 0 Å². The number of hydrogen-bond acceptors (Lipinski definition) is 3. The number of carbonyl (C=O) groups excluding carboxylic acids is 1. The van der Waals surface area contributed by atoms with E-state index in [0.717, 1.165) is 28.9 Å². The first-order chi connectivity index (χ1) is 11.7. The van der Waals surface area contributed by atoms with Gasteiger partial charge in [-0.15, -0.1) is 0 Å². The Labute approximate surface area is 151 Å². The third-order valence-corrected chi connectivity index (χ3v) is 4.70. The Morgan fingerprint density at radius 3 is 2.21 bits per heavy atom. The fourth-order valence-electron chi connectivity index (χ4n) is 2.86. The number of carbonyl (C=O) groups is 1. The second-order valence-corrected chi connectivity index (χ2v) is 6.92. The molecular formula is C19H22BrN3O. The van der Waals surface area contributed by atoms with Gasteiger partial charge in [0.05, 0.1) is 6.54 Å². The highest BCUT2D eigenvalue weighted by Crippen LogP contribution is 2.21. The van der Waals surface area contributed by atoms with E-state index in [-0.39, 0.29) is 12.5 Å². The van der Waals surface area contributed by atoms with Crippen LogP contribution >= 0.6 is 15.9 Å². The summed E-state index contributed by atoms with van der Waals surface area (Å²) >= 11 is 3.38. The van der Waals surface area contributed by atoms with Crippen molar-refractivity contribution < 1.29 is 4.79 Å². The summed E-state index contributed by atoms with van der Waals surface area (Å²) in [5.41, 5.74) is 3.02. The summed E-state index contributed by atoms with van der Waals surface area (Å²) in [5.74, 6) is -0.0579. The SMILES string of the molecule is O=C(CNc1ccc(N2CCCCC2)cc1)Nc1ccc(Br)cc1. The minimum Gasteiger partial charge on any atom is -0.376 e. The number of piperidine rings is 1. The second kappa shape index (κ2) is 8.20. The summed E-state index contributed by atoms with van der Waals surface area (Å²) in [5, 5.41) is 6.04. The van der Waals surface area contributed by atoms with E-state index in [1.54, 1.807) is 0 Å².